The van der Waals surface area contributed by atoms with Crippen LogP contribution >= 0.6 is 0 Å². The van der Waals surface area contributed by atoms with Crippen molar-refractivity contribution in [2.24, 2.45) is 0 Å². The van der Waals surface area contributed by atoms with Gasteiger partial charge in [0, 0.05) is 25.9 Å². The molecule has 0 saturated carbocycles. The van der Waals surface area contributed by atoms with E-state index in [-0.39, 0.29) is 24.0 Å². The highest BCUT2D eigenvalue weighted by Crippen LogP contribution is 2.21. The van der Waals surface area contributed by atoms with E-state index in [9.17, 15) is 14.7 Å². The first-order valence-electron chi connectivity index (χ1n) is 7.94. The maximum atomic E-state index is 12.1. The van der Waals surface area contributed by atoms with Crippen LogP contribution in [0.3, 0.4) is 0 Å². The molecule has 0 radical (unpaired) electrons. The van der Waals surface area contributed by atoms with Crippen LogP contribution in [0.25, 0.3) is 0 Å². The topological polar surface area (TPSA) is 69.6 Å². The van der Waals surface area contributed by atoms with Crippen LogP contribution < -0.4 is 5.32 Å². The molecule has 5 nitrogen and oxygen atoms in total. The molecule has 0 aliphatic heterocycles. The number of carbonyl (C=O) groups is 2. The van der Waals surface area contributed by atoms with Crippen molar-refractivity contribution < 1.29 is 14.7 Å². The molecule has 5 heteroatoms. The molecule has 0 fully saturated rings. The van der Waals surface area contributed by atoms with Crippen molar-refractivity contribution in [1.29, 1.82) is 0 Å². The van der Waals surface area contributed by atoms with Gasteiger partial charge in [0.15, 0.2) is 0 Å². The normalized spacial score (nSPS) is 10.3. The third kappa shape index (κ3) is 6.16. The molecule has 1 rings (SSSR count). The molecule has 0 aliphatic carbocycles. The van der Waals surface area contributed by atoms with Crippen molar-refractivity contribution in [2.75, 3.05) is 18.4 Å². The van der Waals surface area contributed by atoms with Crippen molar-refractivity contribution in [3.05, 3.63) is 24.3 Å². The van der Waals surface area contributed by atoms with E-state index in [1.165, 1.54) is 6.07 Å². The number of nitrogens with one attached hydrogen (secondary N) is 1. The first kappa shape index (κ1) is 18.0. The lowest BCUT2D eigenvalue weighted by molar-refractivity contribution is -0.131. The minimum atomic E-state index is -0.188. The molecule has 0 aliphatic rings. The number of phenolic OH excluding ortho intramolecular Hbond substituents is 1. The van der Waals surface area contributed by atoms with Gasteiger partial charge in [-0.3, -0.25) is 9.59 Å². The van der Waals surface area contributed by atoms with E-state index in [2.05, 4.69) is 19.2 Å². The molecule has 0 heterocycles. The summed E-state index contributed by atoms with van der Waals surface area (Å²) >= 11 is 0. The predicted octanol–water partition coefficient (Wildman–Crippen LogP) is 3.15. The van der Waals surface area contributed by atoms with E-state index >= 15 is 0 Å². The lowest BCUT2D eigenvalue weighted by atomic mass is 10.2. The maximum Gasteiger partial charge on any atom is 0.224 e. The Kier molecular flexibility index (Phi) is 8.04. The van der Waals surface area contributed by atoms with Crippen LogP contribution in [0, 0.1) is 0 Å². The smallest absolute Gasteiger partial charge is 0.224 e. The fourth-order valence-corrected chi connectivity index (χ4v) is 2.25. The van der Waals surface area contributed by atoms with Gasteiger partial charge in [-0.25, -0.2) is 0 Å². The standard InChI is InChI=1S/C17H26N2O3/c1-3-12-19(13-4-2)17(22)11-7-10-16(21)18-14-8-5-6-9-15(14)20/h5-6,8-9,20H,3-4,7,10-13H2,1-2H3,(H,18,21). The summed E-state index contributed by atoms with van der Waals surface area (Å²) in [4.78, 5) is 25.8. The molecular weight excluding hydrogens is 280 g/mol. The average Bonchev–Trinajstić information content (AvgIpc) is 2.49. The number of benzene rings is 1. The number of anilines is 1. The van der Waals surface area contributed by atoms with Crippen LogP contribution in [0.2, 0.25) is 0 Å². The molecule has 2 amide bonds. The minimum absolute atomic E-state index is 0.0454. The van der Waals surface area contributed by atoms with Crippen LogP contribution in [0.5, 0.6) is 5.75 Å². The second-order valence-corrected chi connectivity index (χ2v) is 5.30. The molecule has 0 bridgehead atoms. The zero-order valence-electron chi connectivity index (χ0n) is 13.5. The van der Waals surface area contributed by atoms with Crippen molar-refractivity contribution in [3.8, 4) is 5.75 Å². The van der Waals surface area contributed by atoms with E-state index in [0.717, 1.165) is 25.9 Å². The number of carbonyl (C=O) groups excluding carboxylic acids is 2. The van der Waals surface area contributed by atoms with Crippen molar-refractivity contribution >= 4 is 17.5 Å². The minimum Gasteiger partial charge on any atom is -0.506 e. The van der Waals surface area contributed by atoms with Crippen LogP contribution in [0.4, 0.5) is 5.69 Å². The molecule has 1 aromatic carbocycles. The van der Waals surface area contributed by atoms with Gasteiger partial charge in [0.05, 0.1) is 5.69 Å². The van der Waals surface area contributed by atoms with Crippen molar-refractivity contribution in [1.82, 2.24) is 4.90 Å². The highest BCUT2D eigenvalue weighted by atomic mass is 16.3. The molecule has 0 spiro atoms. The Hall–Kier alpha value is -2.04. The molecule has 122 valence electrons. The number of amides is 2. The van der Waals surface area contributed by atoms with Gasteiger partial charge in [-0.05, 0) is 31.4 Å². The lowest BCUT2D eigenvalue weighted by Crippen LogP contribution is -2.32. The van der Waals surface area contributed by atoms with Gasteiger partial charge in [-0.2, -0.15) is 0 Å². The predicted molar refractivity (Wildman–Crippen MR) is 87.7 cm³/mol. The van der Waals surface area contributed by atoms with Crippen molar-refractivity contribution in [3.63, 3.8) is 0 Å². The molecule has 2 N–H and O–H groups in total. The van der Waals surface area contributed by atoms with Crippen LogP contribution in [-0.2, 0) is 9.59 Å². The third-order valence-electron chi connectivity index (χ3n) is 3.31. The van der Waals surface area contributed by atoms with E-state index in [0.29, 0.717) is 18.5 Å². The summed E-state index contributed by atoms with van der Waals surface area (Å²) in [5.74, 6) is -0.0325. The zero-order valence-corrected chi connectivity index (χ0v) is 13.5. The summed E-state index contributed by atoms with van der Waals surface area (Å²) in [7, 11) is 0. The van der Waals surface area contributed by atoms with Crippen LogP contribution in [0.15, 0.2) is 24.3 Å². The number of rotatable bonds is 9. The van der Waals surface area contributed by atoms with Gasteiger partial charge in [-0.15, -0.1) is 0 Å². The van der Waals surface area contributed by atoms with Crippen LogP contribution in [-0.4, -0.2) is 34.9 Å². The molecule has 0 atom stereocenters. The summed E-state index contributed by atoms with van der Waals surface area (Å²) in [5.41, 5.74) is 0.400. The van der Waals surface area contributed by atoms with E-state index in [1.807, 2.05) is 4.90 Å². The largest absolute Gasteiger partial charge is 0.506 e. The zero-order chi connectivity index (χ0) is 16.4. The van der Waals surface area contributed by atoms with Gasteiger partial charge in [0.1, 0.15) is 5.75 Å². The number of aromatic hydroxyl groups is 1. The Morgan fingerprint density at radius 2 is 1.73 bits per heavy atom. The molecular formula is C17H26N2O3. The summed E-state index contributed by atoms with van der Waals surface area (Å²) < 4.78 is 0. The average molecular weight is 306 g/mol. The number of hydrogen-bond acceptors (Lipinski definition) is 3. The third-order valence-corrected chi connectivity index (χ3v) is 3.31. The highest BCUT2D eigenvalue weighted by Gasteiger charge is 2.12. The Balaban J connectivity index is 2.35. The van der Waals surface area contributed by atoms with E-state index < -0.39 is 0 Å². The number of phenols is 1. The van der Waals surface area contributed by atoms with E-state index in [1.54, 1.807) is 18.2 Å². The van der Waals surface area contributed by atoms with Crippen LogP contribution in [0.1, 0.15) is 46.0 Å². The molecule has 0 unspecified atom stereocenters. The fraction of sp³-hybridized carbons (Fsp3) is 0.529. The Bertz CT molecular complexity index is 483. The molecule has 22 heavy (non-hydrogen) atoms. The quantitative estimate of drug-likeness (QED) is 0.689. The SMILES string of the molecule is CCCN(CCC)C(=O)CCCC(=O)Nc1ccccc1O. The number of nitrogens with zero attached hydrogens (tertiary/aromatic N) is 1. The monoisotopic (exact) mass is 306 g/mol. The highest BCUT2D eigenvalue weighted by molar-refractivity contribution is 5.92. The molecule has 0 aromatic heterocycles. The Morgan fingerprint density at radius 1 is 1.09 bits per heavy atom. The lowest BCUT2D eigenvalue weighted by Gasteiger charge is -2.21. The number of para-hydroxylation sites is 2. The first-order valence-corrected chi connectivity index (χ1v) is 7.94. The molecule has 1 aromatic rings. The molecule has 0 saturated heterocycles. The number of hydrogen-bond donors (Lipinski definition) is 2. The van der Waals surface area contributed by atoms with Gasteiger partial charge in [-0.1, -0.05) is 26.0 Å². The Labute approximate surface area is 132 Å². The maximum absolute atomic E-state index is 12.1. The van der Waals surface area contributed by atoms with Gasteiger partial charge < -0.3 is 15.3 Å². The van der Waals surface area contributed by atoms with Gasteiger partial charge in [0.2, 0.25) is 11.8 Å². The Morgan fingerprint density at radius 3 is 2.32 bits per heavy atom. The van der Waals surface area contributed by atoms with Gasteiger partial charge >= 0.3 is 0 Å². The van der Waals surface area contributed by atoms with E-state index in [4.69, 9.17) is 0 Å². The summed E-state index contributed by atoms with van der Waals surface area (Å²) in [5, 5.41) is 12.2. The second kappa shape index (κ2) is 9.82. The summed E-state index contributed by atoms with van der Waals surface area (Å²) in [6, 6.07) is 6.60. The van der Waals surface area contributed by atoms with Crippen molar-refractivity contribution in [2.45, 2.75) is 46.0 Å². The summed E-state index contributed by atoms with van der Waals surface area (Å²) in [6.45, 7) is 5.65. The summed E-state index contributed by atoms with van der Waals surface area (Å²) in [6.07, 6.45) is 3.06. The van der Waals surface area contributed by atoms with Gasteiger partial charge in [0.25, 0.3) is 0 Å². The first-order chi connectivity index (χ1) is 10.6. The fourth-order valence-electron chi connectivity index (χ4n) is 2.25. The second-order valence-electron chi connectivity index (χ2n) is 5.30.